The van der Waals surface area contributed by atoms with E-state index in [2.05, 4.69) is 73.9 Å². The minimum absolute atomic E-state index is 1.04. The molecule has 1 nitrogen and oxygen atoms in total. The summed E-state index contributed by atoms with van der Waals surface area (Å²) < 4.78 is 0. The minimum Gasteiger partial charge on any atom is -0.299 e. The molecule has 0 fully saturated rings. The minimum atomic E-state index is 1.04. The van der Waals surface area contributed by atoms with E-state index in [0.29, 0.717) is 0 Å². The first-order chi connectivity index (χ1) is 11.7. The Hall–Kier alpha value is -1.86. The van der Waals surface area contributed by atoms with Crippen LogP contribution in [0.25, 0.3) is 5.57 Å². The quantitative estimate of drug-likeness (QED) is 0.507. The van der Waals surface area contributed by atoms with E-state index in [9.17, 15) is 0 Å². The van der Waals surface area contributed by atoms with E-state index in [1.54, 1.807) is 0 Å². The van der Waals surface area contributed by atoms with Crippen LogP contribution in [0, 0.1) is 0 Å². The second-order valence-electron chi connectivity index (χ2n) is 6.53. The highest BCUT2D eigenvalue weighted by Crippen LogP contribution is 2.22. The molecular weight excluding hydrogens is 290 g/mol. The van der Waals surface area contributed by atoms with Crippen LogP contribution in [0.2, 0.25) is 0 Å². The van der Waals surface area contributed by atoms with Gasteiger partial charge < -0.3 is 0 Å². The third-order valence-electron chi connectivity index (χ3n) is 4.46. The van der Waals surface area contributed by atoms with Crippen LogP contribution < -0.4 is 0 Å². The Morgan fingerprint density at radius 2 is 1.46 bits per heavy atom. The van der Waals surface area contributed by atoms with Crippen molar-refractivity contribution in [3.05, 3.63) is 77.9 Å². The van der Waals surface area contributed by atoms with Crippen LogP contribution in [-0.2, 0) is 6.54 Å². The molecule has 0 saturated heterocycles. The molecule has 0 N–H and O–H groups in total. The molecule has 0 aliphatic heterocycles. The van der Waals surface area contributed by atoms with Crippen LogP contribution >= 0.6 is 0 Å². The van der Waals surface area contributed by atoms with Crippen molar-refractivity contribution in [2.24, 2.45) is 0 Å². The van der Waals surface area contributed by atoms with Crippen LogP contribution in [0.15, 0.2) is 61.2 Å². The summed E-state index contributed by atoms with van der Waals surface area (Å²) in [4.78, 5) is 2.59. The molecule has 1 heteroatoms. The smallest absolute Gasteiger partial charge is 0.0233 e. The molecule has 0 atom stereocenters. The number of hydrogen-bond donors (Lipinski definition) is 0. The van der Waals surface area contributed by atoms with Gasteiger partial charge in [-0.2, -0.15) is 0 Å². The summed E-state index contributed by atoms with van der Waals surface area (Å²) in [5, 5.41) is 0. The van der Waals surface area contributed by atoms with Gasteiger partial charge in [0, 0.05) is 6.54 Å². The molecule has 24 heavy (non-hydrogen) atoms. The average Bonchev–Trinajstić information content (AvgIpc) is 2.64. The van der Waals surface area contributed by atoms with Gasteiger partial charge in [-0.05, 0) is 54.3 Å². The summed E-state index contributed by atoms with van der Waals surface area (Å²) in [6.45, 7) is 12.3. The Balaban J connectivity index is 2.09. The molecule has 0 heterocycles. The molecule has 0 spiro atoms. The first kappa shape index (κ1) is 18.5. The van der Waals surface area contributed by atoms with E-state index in [0.717, 1.165) is 12.1 Å². The number of benzene rings is 2. The summed E-state index contributed by atoms with van der Waals surface area (Å²) in [5.74, 6) is 0. The fourth-order valence-corrected chi connectivity index (χ4v) is 2.95. The average molecular weight is 322 g/mol. The summed E-state index contributed by atoms with van der Waals surface area (Å²) >= 11 is 0. The van der Waals surface area contributed by atoms with Gasteiger partial charge in [-0.25, -0.2) is 0 Å². The SMILES string of the molecule is C=C(c1ccccc1)c1cccc(CN(CCCC)CCCC)c1. The van der Waals surface area contributed by atoms with E-state index in [1.807, 2.05) is 6.07 Å². The lowest BCUT2D eigenvalue weighted by atomic mass is 9.98. The third-order valence-corrected chi connectivity index (χ3v) is 4.46. The lowest BCUT2D eigenvalue weighted by Crippen LogP contribution is -2.25. The second kappa shape index (κ2) is 10.1. The maximum Gasteiger partial charge on any atom is 0.0233 e. The highest BCUT2D eigenvalue weighted by atomic mass is 15.1. The maximum atomic E-state index is 4.30. The normalized spacial score (nSPS) is 11.0. The Morgan fingerprint density at radius 1 is 0.833 bits per heavy atom. The zero-order valence-electron chi connectivity index (χ0n) is 15.3. The molecule has 0 saturated carbocycles. The molecule has 2 rings (SSSR count). The van der Waals surface area contributed by atoms with Crippen molar-refractivity contribution in [3.8, 4) is 0 Å². The zero-order valence-corrected chi connectivity index (χ0v) is 15.3. The summed E-state index contributed by atoms with van der Waals surface area (Å²) in [5.41, 5.74) is 4.91. The molecule has 0 unspecified atom stereocenters. The molecular formula is C23H31N. The number of rotatable bonds is 10. The largest absolute Gasteiger partial charge is 0.299 e. The van der Waals surface area contributed by atoms with E-state index < -0.39 is 0 Å². The van der Waals surface area contributed by atoms with Crippen molar-refractivity contribution < 1.29 is 0 Å². The Morgan fingerprint density at radius 3 is 2.08 bits per heavy atom. The molecule has 128 valence electrons. The summed E-state index contributed by atoms with van der Waals surface area (Å²) in [7, 11) is 0. The topological polar surface area (TPSA) is 3.24 Å². The lowest BCUT2D eigenvalue weighted by molar-refractivity contribution is 0.257. The molecule has 0 bridgehead atoms. The first-order valence-corrected chi connectivity index (χ1v) is 9.30. The molecule has 2 aromatic rings. The van der Waals surface area contributed by atoms with E-state index in [4.69, 9.17) is 0 Å². The van der Waals surface area contributed by atoms with E-state index >= 15 is 0 Å². The molecule has 0 aliphatic carbocycles. The van der Waals surface area contributed by atoms with Crippen LogP contribution in [0.4, 0.5) is 0 Å². The van der Waals surface area contributed by atoms with Crippen molar-refractivity contribution in [3.63, 3.8) is 0 Å². The van der Waals surface area contributed by atoms with Gasteiger partial charge in [0.2, 0.25) is 0 Å². The zero-order chi connectivity index (χ0) is 17.2. The molecule has 2 aromatic carbocycles. The van der Waals surface area contributed by atoms with Gasteiger partial charge >= 0.3 is 0 Å². The van der Waals surface area contributed by atoms with Gasteiger partial charge in [-0.3, -0.25) is 4.90 Å². The predicted octanol–water partition coefficient (Wildman–Crippen LogP) is 6.15. The molecule has 0 aliphatic rings. The maximum absolute atomic E-state index is 4.30. The van der Waals surface area contributed by atoms with Crippen molar-refractivity contribution in [2.75, 3.05) is 13.1 Å². The number of hydrogen-bond acceptors (Lipinski definition) is 1. The predicted molar refractivity (Wildman–Crippen MR) is 106 cm³/mol. The Bertz CT molecular complexity index is 607. The fraction of sp³-hybridized carbons (Fsp3) is 0.391. The van der Waals surface area contributed by atoms with Crippen molar-refractivity contribution in [1.82, 2.24) is 4.90 Å². The van der Waals surface area contributed by atoms with Crippen LogP contribution in [0.5, 0.6) is 0 Å². The van der Waals surface area contributed by atoms with E-state index in [-0.39, 0.29) is 0 Å². The Kier molecular flexibility index (Phi) is 7.77. The number of nitrogens with zero attached hydrogens (tertiary/aromatic N) is 1. The fourth-order valence-electron chi connectivity index (χ4n) is 2.95. The van der Waals surface area contributed by atoms with Crippen molar-refractivity contribution in [2.45, 2.75) is 46.1 Å². The van der Waals surface area contributed by atoms with E-state index in [1.165, 1.54) is 55.5 Å². The van der Waals surface area contributed by atoms with Crippen LogP contribution in [0.3, 0.4) is 0 Å². The van der Waals surface area contributed by atoms with Crippen LogP contribution in [-0.4, -0.2) is 18.0 Å². The van der Waals surface area contributed by atoms with Crippen molar-refractivity contribution >= 4 is 5.57 Å². The monoisotopic (exact) mass is 321 g/mol. The molecule has 0 amide bonds. The summed E-state index contributed by atoms with van der Waals surface area (Å²) in [6.07, 6.45) is 5.07. The second-order valence-corrected chi connectivity index (χ2v) is 6.53. The highest BCUT2D eigenvalue weighted by molar-refractivity contribution is 5.78. The molecule has 0 radical (unpaired) electrons. The van der Waals surface area contributed by atoms with Gasteiger partial charge in [-0.15, -0.1) is 0 Å². The Labute approximate surface area is 148 Å². The van der Waals surface area contributed by atoms with Gasteiger partial charge in [0.15, 0.2) is 0 Å². The summed E-state index contributed by atoms with van der Waals surface area (Å²) in [6, 6.07) is 19.3. The highest BCUT2D eigenvalue weighted by Gasteiger charge is 2.07. The van der Waals surface area contributed by atoms with Crippen molar-refractivity contribution in [1.29, 1.82) is 0 Å². The van der Waals surface area contributed by atoms with Gasteiger partial charge in [-0.1, -0.05) is 81.8 Å². The number of unbranched alkanes of at least 4 members (excludes halogenated alkanes) is 2. The van der Waals surface area contributed by atoms with Gasteiger partial charge in [0.1, 0.15) is 0 Å². The van der Waals surface area contributed by atoms with Gasteiger partial charge in [0.25, 0.3) is 0 Å². The van der Waals surface area contributed by atoms with Gasteiger partial charge in [0.05, 0.1) is 0 Å². The standard InChI is InChI=1S/C23H31N/c1-4-6-16-24(17-7-5-2)19-21-12-11-15-23(18-21)20(3)22-13-9-8-10-14-22/h8-15,18H,3-7,16-17,19H2,1-2H3. The third kappa shape index (κ3) is 5.65. The lowest BCUT2D eigenvalue weighted by Gasteiger charge is -2.22. The molecule has 0 aromatic heterocycles. The first-order valence-electron chi connectivity index (χ1n) is 9.30. The van der Waals surface area contributed by atoms with Crippen LogP contribution in [0.1, 0.15) is 56.2 Å².